The van der Waals surface area contributed by atoms with E-state index >= 15 is 0 Å². The number of amides is 4. The number of carbonyl (C=O) groups is 4. The van der Waals surface area contributed by atoms with Crippen LogP contribution < -0.4 is 44.5 Å². The smallest absolute Gasteiger partial charge is 0.261 e. The predicted octanol–water partition coefficient (Wildman–Crippen LogP) is 2.52. The van der Waals surface area contributed by atoms with E-state index in [1.165, 1.54) is 76.6 Å². The van der Waals surface area contributed by atoms with Crippen molar-refractivity contribution < 1.29 is 19.2 Å². The van der Waals surface area contributed by atoms with Crippen LogP contribution in [0.5, 0.6) is 0 Å². The minimum absolute atomic E-state index is 0.00518. The van der Waals surface area contributed by atoms with Gasteiger partial charge in [-0.3, -0.25) is 85.6 Å². The summed E-state index contributed by atoms with van der Waals surface area (Å²) in [5.41, 5.74) is -4.20. The lowest BCUT2D eigenvalue weighted by molar-refractivity contribution is -0.139. The summed E-state index contributed by atoms with van der Waals surface area (Å²) < 4.78 is 4.90. The van der Waals surface area contributed by atoms with E-state index in [2.05, 4.69) is 0 Å². The van der Waals surface area contributed by atoms with Gasteiger partial charge in [-0.1, -0.05) is 25.7 Å². The minimum atomic E-state index is -0.544. The molecular weight excluding hydrogens is 937 g/mol. The summed E-state index contributed by atoms with van der Waals surface area (Å²) in [5.74, 6) is -1.39. The SMILES string of the molecule is O=C1C=CC(=O)N1CC1CCCCC1Cn1c(=O)c2cc3c(=O)n(CC4CC5C6CC(C5C4)C(n4c(=O)c5cc7c(=O)n(CC8CCCCC8CN8C(=O)C=CC8=O)c(=O)c7cc5c4=O)C6)c(=O)c3cc2c1=O. The Morgan fingerprint density at radius 1 is 0.342 bits per heavy atom. The van der Waals surface area contributed by atoms with Gasteiger partial charge in [0, 0.05) is 63.1 Å². The van der Waals surface area contributed by atoms with E-state index in [4.69, 9.17) is 0 Å². The first-order valence-corrected chi connectivity index (χ1v) is 26.0. The average Bonchev–Trinajstić information content (AvgIpc) is 4.30. The average molecular weight is 989 g/mol. The van der Waals surface area contributed by atoms with Crippen LogP contribution in [0.2, 0.25) is 0 Å². The van der Waals surface area contributed by atoms with Gasteiger partial charge in [-0.2, -0.15) is 0 Å². The fourth-order valence-electron chi connectivity index (χ4n) is 15.5. The zero-order valence-corrected chi connectivity index (χ0v) is 40.0. The number of nitrogens with zero attached hydrogens (tertiary/aromatic N) is 6. The first-order chi connectivity index (χ1) is 35.1. The summed E-state index contributed by atoms with van der Waals surface area (Å²) in [6, 6.07) is 5.15. The van der Waals surface area contributed by atoms with Crippen LogP contribution >= 0.6 is 0 Å². The van der Waals surface area contributed by atoms with Crippen molar-refractivity contribution in [3.8, 4) is 0 Å². The maximum Gasteiger partial charge on any atom is 0.261 e. The highest BCUT2D eigenvalue weighted by molar-refractivity contribution is 6.13. The molecule has 2 bridgehead atoms. The number of benzene rings is 2. The summed E-state index contributed by atoms with van der Waals surface area (Å²) in [6.07, 6.45) is 14.3. The third-order valence-corrected chi connectivity index (χ3v) is 19.0. The summed E-state index contributed by atoms with van der Waals surface area (Å²) in [4.78, 5) is 164. The number of hydrogen-bond donors (Lipinski definition) is 0. The van der Waals surface area contributed by atoms with Gasteiger partial charge in [-0.25, -0.2) is 0 Å². The molecule has 10 unspecified atom stereocenters. The number of fused-ring (bicyclic) bond motifs is 9. The first-order valence-electron chi connectivity index (χ1n) is 26.0. The zero-order chi connectivity index (χ0) is 50.5. The molecule has 5 saturated carbocycles. The number of aromatic nitrogens is 4. The molecule has 374 valence electrons. The Kier molecular flexibility index (Phi) is 10.4. The molecule has 0 spiro atoms. The van der Waals surface area contributed by atoms with Crippen LogP contribution in [0.4, 0.5) is 0 Å². The summed E-state index contributed by atoms with van der Waals surface area (Å²) in [5, 5.41) is 0.637. The van der Waals surface area contributed by atoms with Gasteiger partial charge in [-0.05, 0) is 129 Å². The second-order valence-corrected chi connectivity index (χ2v) is 22.5. The Balaban J connectivity index is 0.725. The summed E-state index contributed by atoms with van der Waals surface area (Å²) in [7, 11) is 0. The predicted molar refractivity (Wildman–Crippen MR) is 267 cm³/mol. The normalized spacial score (nSPS) is 29.1. The quantitative estimate of drug-likeness (QED) is 0.171. The standard InChI is InChI=1S/C55H52N6O12/c62-44-9-10-45(63)56(44)22-27-5-1-3-7-29(27)24-59-50(68)37-17-35-36(18-38(37)51(59)69)49(67)58(48(35)66)21-26-13-32-31-15-34(33(32)14-26)43(16-31)61-54(72)41-19-39-40(20-42(41)55(61)73)53(71)60(52(39)70)25-30-8-4-2-6-28(30)23-57-46(64)11-12-47(57)65/h9-12,17-20,26-34,43H,1-8,13-16,21-25H2. The molecule has 0 N–H and O–H groups in total. The highest BCUT2D eigenvalue weighted by atomic mass is 16.2. The first kappa shape index (κ1) is 45.6. The van der Waals surface area contributed by atoms with Crippen LogP contribution in [0.1, 0.15) is 83.1 Å². The molecule has 5 fully saturated rings. The van der Waals surface area contributed by atoms with Crippen molar-refractivity contribution in [3.63, 3.8) is 0 Å². The molecular formula is C55H52N6O12. The Morgan fingerprint density at radius 3 is 1.05 bits per heavy atom. The summed E-state index contributed by atoms with van der Waals surface area (Å²) >= 11 is 0. The molecule has 4 aromatic heterocycles. The topological polar surface area (TPSA) is 231 Å². The Labute approximate surface area is 413 Å². The lowest BCUT2D eigenvalue weighted by atomic mass is 9.78. The third-order valence-electron chi connectivity index (χ3n) is 19.0. The van der Waals surface area contributed by atoms with Gasteiger partial charge in [0.1, 0.15) is 0 Å². The molecule has 5 aliphatic carbocycles. The number of rotatable bonds is 11. The van der Waals surface area contributed by atoms with Gasteiger partial charge in [0.05, 0.1) is 43.1 Å². The zero-order valence-electron chi connectivity index (χ0n) is 40.0. The highest BCUT2D eigenvalue weighted by Gasteiger charge is 2.57. The molecule has 10 atom stereocenters. The maximum absolute atomic E-state index is 14.3. The number of carbonyl (C=O) groups excluding carboxylic acids is 4. The summed E-state index contributed by atoms with van der Waals surface area (Å²) in [6.45, 7) is 0.760. The van der Waals surface area contributed by atoms with Gasteiger partial charge in [0.15, 0.2) is 0 Å². The van der Waals surface area contributed by atoms with E-state index in [1.807, 2.05) is 0 Å². The van der Waals surface area contributed by atoms with Crippen molar-refractivity contribution in [2.75, 3.05) is 13.1 Å². The molecule has 2 aliphatic heterocycles. The van der Waals surface area contributed by atoms with Crippen molar-refractivity contribution in [3.05, 3.63) is 131 Å². The second-order valence-electron chi connectivity index (χ2n) is 22.5. The molecule has 0 radical (unpaired) electrons. The Bertz CT molecular complexity index is 3770. The lowest BCUT2D eigenvalue weighted by Gasteiger charge is -2.33. The molecule has 2 aromatic carbocycles. The van der Waals surface area contributed by atoms with E-state index in [9.17, 15) is 57.5 Å². The minimum Gasteiger partial charge on any atom is -0.275 e. The van der Waals surface area contributed by atoms with E-state index in [-0.39, 0.29) is 159 Å². The van der Waals surface area contributed by atoms with Crippen LogP contribution in [0.25, 0.3) is 43.1 Å². The van der Waals surface area contributed by atoms with Crippen LogP contribution in [-0.4, -0.2) is 64.8 Å². The van der Waals surface area contributed by atoms with Gasteiger partial charge < -0.3 is 0 Å². The molecule has 6 heterocycles. The van der Waals surface area contributed by atoms with Crippen molar-refractivity contribution >= 4 is 66.7 Å². The van der Waals surface area contributed by atoms with Crippen LogP contribution in [0.3, 0.4) is 0 Å². The fourth-order valence-corrected chi connectivity index (χ4v) is 15.5. The Hall–Kier alpha value is -7.24. The molecule has 73 heavy (non-hydrogen) atoms. The molecule has 13 rings (SSSR count). The molecule has 18 heteroatoms. The van der Waals surface area contributed by atoms with Crippen molar-refractivity contribution in [2.45, 2.75) is 103 Å². The monoisotopic (exact) mass is 988 g/mol. The van der Waals surface area contributed by atoms with E-state index in [0.29, 0.717) is 25.7 Å². The number of imide groups is 2. The van der Waals surface area contributed by atoms with Gasteiger partial charge in [-0.15, -0.1) is 0 Å². The largest absolute Gasteiger partial charge is 0.275 e. The van der Waals surface area contributed by atoms with Gasteiger partial charge in [0.2, 0.25) is 0 Å². The lowest BCUT2D eigenvalue weighted by Crippen LogP contribution is -2.41. The van der Waals surface area contributed by atoms with Crippen LogP contribution in [0.15, 0.2) is 86.9 Å². The Morgan fingerprint density at radius 2 is 0.671 bits per heavy atom. The second kappa shape index (κ2) is 16.6. The van der Waals surface area contributed by atoms with Crippen molar-refractivity contribution in [1.82, 2.24) is 28.1 Å². The van der Waals surface area contributed by atoms with Gasteiger partial charge in [0.25, 0.3) is 68.1 Å². The molecule has 18 nitrogen and oxygen atoms in total. The molecule has 7 aliphatic rings. The van der Waals surface area contributed by atoms with E-state index in [1.54, 1.807) is 0 Å². The molecule has 6 aromatic rings. The van der Waals surface area contributed by atoms with E-state index < -0.39 is 44.5 Å². The maximum atomic E-state index is 14.3. The molecule has 4 amide bonds. The molecule has 0 saturated heterocycles. The van der Waals surface area contributed by atoms with Crippen molar-refractivity contribution in [1.29, 1.82) is 0 Å². The third kappa shape index (κ3) is 6.86. The fraction of sp³-hybridized carbons (Fsp3) is 0.491. The highest BCUT2D eigenvalue weighted by Crippen LogP contribution is 2.63. The van der Waals surface area contributed by atoms with E-state index in [0.717, 1.165) is 51.4 Å². The number of hydrogen-bond acceptors (Lipinski definition) is 12. The van der Waals surface area contributed by atoms with Crippen LogP contribution in [-0.2, 0) is 38.8 Å². The van der Waals surface area contributed by atoms with Crippen molar-refractivity contribution in [2.24, 2.45) is 53.3 Å². The van der Waals surface area contributed by atoms with Crippen LogP contribution in [0, 0.1) is 53.3 Å². The van der Waals surface area contributed by atoms with Gasteiger partial charge >= 0.3 is 0 Å².